The Hall–Kier alpha value is -4.21. The fraction of sp³-hybridized carbons (Fsp3) is 0.344. The second kappa shape index (κ2) is 15.0. The Bertz CT molecular complexity index is 1310. The SMILES string of the molecule is CNCCNC(=O)c1cccc(C(=O)N(C)CCN2CCC(OC(=O)Nc3ccccc3-c3ccccc3)CC2)c1. The number of anilines is 1. The lowest BCUT2D eigenvalue weighted by Gasteiger charge is -2.32. The summed E-state index contributed by atoms with van der Waals surface area (Å²) < 4.78 is 5.74. The largest absolute Gasteiger partial charge is 0.446 e. The average molecular weight is 558 g/mol. The third kappa shape index (κ3) is 8.64. The van der Waals surface area contributed by atoms with Gasteiger partial charge in [0.1, 0.15) is 6.10 Å². The number of carbonyl (C=O) groups is 3. The Morgan fingerprint density at radius 2 is 1.61 bits per heavy atom. The second-order valence-electron chi connectivity index (χ2n) is 10.1. The first-order valence-corrected chi connectivity index (χ1v) is 14.1. The summed E-state index contributed by atoms with van der Waals surface area (Å²) in [4.78, 5) is 42.0. The van der Waals surface area contributed by atoms with E-state index in [0.717, 1.165) is 43.6 Å². The van der Waals surface area contributed by atoms with Crippen LogP contribution >= 0.6 is 0 Å². The van der Waals surface area contributed by atoms with Gasteiger partial charge in [-0.1, -0.05) is 54.6 Å². The molecular weight excluding hydrogens is 518 g/mol. The molecule has 0 aromatic heterocycles. The Morgan fingerprint density at radius 1 is 0.902 bits per heavy atom. The fourth-order valence-electron chi connectivity index (χ4n) is 4.81. The number of likely N-dealkylation sites (tertiary alicyclic amines) is 1. The first-order valence-electron chi connectivity index (χ1n) is 14.1. The molecule has 0 spiro atoms. The van der Waals surface area contributed by atoms with Crippen molar-refractivity contribution in [1.82, 2.24) is 20.4 Å². The zero-order chi connectivity index (χ0) is 29.0. The maximum Gasteiger partial charge on any atom is 0.411 e. The molecule has 3 aromatic carbocycles. The summed E-state index contributed by atoms with van der Waals surface area (Å²) in [5, 5.41) is 8.73. The molecule has 0 radical (unpaired) electrons. The average Bonchev–Trinajstić information content (AvgIpc) is 3.01. The summed E-state index contributed by atoms with van der Waals surface area (Å²) in [7, 11) is 3.60. The molecule has 3 aromatic rings. The predicted octanol–water partition coefficient (Wildman–Crippen LogP) is 4.09. The molecule has 0 aliphatic carbocycles. The van der Waals surface area contributed by atoms with Crippen LogP contribution in [-0.4, -0.2) is 87.2 Å². The van der Waals surface area contributed by atoms with Gasteiger partial charge in [-0.05, 0) is 49.7 Å². The minimum absolute atomic E-state index is 0.124. The molecule has 1 aliphatic heterocycles. The molecule has 0 bridgehead atoms. The van der Waals surface area contributed by atoms with Crippen molar-refractivity contribution >= 4 is 23.6 Å². The summed E-state index contributed by atoms with van der Waals surface area (Å²) in [6.07, 6.45) is 0.860. The van der Waals surface area contributed by atoms with Crippen LogP contribution in [0.15, 0.2) is 78.9 Å². The molecule has 1 aliphatic rings. The Balaban J connectivity index is 1.20. The molecule has 4 rings (SSSR count). The van der Waals surface area contributed by atoms with Crippen LogP contribution in [0.5, 0.6) is 0 Å². The van der Waals surface area contributed by atoms with Gasteiger partial charge < -0.3 is 25.2 Å². The molecule has 1 heterocycles. The number of hydrogen-bond donors (Lipinski definition) is 3. The van der Waals surface area contributed by atoms with Gasteiger partial charge in [-0.2, -0.15) is 0 Å². The topological polar surface area (TPSA) is 103 Å². The summed E-state index contributed by atoms with van der Waals surface area (Å²) in [6, 6.07) is 24.4. The van der Waals surface area contributed by atoms with Crippen molar-refractivity contribution < 1.29 is 19.1 Å². The molecule has 1 saturated heterocycles. The van der Waals surface area contributed by atoms with Crippen molar-refractivity contribution in [2.24, 2.45) is 0 Å². The van der Waals surface area contributed by atoms with E-state index < -0.39 is 6.09 Å². The van der Waals surface area contributed by atoms with Crippen molar-refractivity contribution in [3.63, 3.8) is 0 Å². The summed E-state index contributed by atoms with van der Waals surface area (Å²) >= 11 is 0. The van der Waals surface area contributed by atoms with Gasteiger partial charge in [-0.3, -0.25) is 14.9 Å². The number of ether oxygens (including phenoxy) is 1. The highest BCUT2D eigenvalue weighted by atomic mass is 16.6. The number of nitrogens with one attached hydrogen (secondary N) is 3. The van der Waals surface area contributed by atoms with Crippen LogP contribution in [0.25, 0.3) is 11.1 Å². The number of rotatable bonds is 11. The summed E-state index contributed by atoms with van der Waals surface area (Å²) in [5.74, 6) is -0.322. The van der Waals surface area contributed by atoms with Gasteiger partial charge in [-0.15, -0.1) is 0 Å². The number of para-hydroxylation sites is 1. The van der Waals surface area contributed by atoms with E-state index in [1.165, 1.54) is 0 Å². The van der Waals surface area contributed by atoms with E-state index in [0.29, 0.717) is 36.4 Å². The first kappa shape index (κ1) is 29.8. The van der Waals surface area contributed by atoms with Crippen molar-refractivity contribution in [3.05, 3.63) is 90.0 Å². The number of carbonyl (C=O) groups excluding carboxylic acids is 3. The van der Waals surface area contributed by atoms with E-state index in [9.17, 15) is 14.4 Å². The number of benzene rings is 3. The predicted molar refractivity (Wildman–Crippen MR) is 161 cm³/mol. The van der Waals surface area contributed by atoms with E-state index in [-0.39, 0.29) is 17.9 Å². The minimum Gasteiger partial charge on any atom is -0.446 e. The molecule has 216 valence electrons. The van der Waals surface area contributed by atoms with E-state index in [2.05, 4.69) is 20.9 Å². The number of hydrogen-bond acceptors (Lipinski definition) is 6. The first-order chi connectivity index (χ1) is 19.9. The molecule has 9 nitrogen and oxygen atoms in total. The zero-order valence-electron chi connectivity index (χ0n) is 23.8. The molecule has 3 N–H and O–H groups in total. The molecule has 41 heavy (non-hydrogen) atoms. The van der Waals surface area contributed by atoms with Gasteiger partial charge in [0, 0.05) is 63.0 Å². The molecule has 0 atom stereocenters. The molecule has 9 heteroatoms. The lowest BCUT2D eigenvalue weighted by molar-refractivity contribution is 0.0540. The van der Waals surface area contributed by atoms with Gasteiger partial charge in [-0.25, -0.2) is 4.79 Å². The van der Waals surface area contributed by atoms with Crippen LogP contribution in [0.3, 0.4) is 0 Å². The maximum absolute atomic E-state index is 13.0. The number of amides is 3. The molecule has 0 saturated carbocycles. The molecule has 3 amide bonds. The lowest BCUT2D eigenvalue weighted by Crippen LogP contribution is -2.42. The monoisotopic (exact) mass is 557 g/mol. The highest BCUT2D eigenvalue weighted by molar-refractivity contribution is 5.99. The van der Waals surface area contributed by atoms with Crippen LogP contribution in [0.4, 0.5) is 10.5 Å². The van der Waals surface area contributed by atoms with Gasteiger partial charge in [0.15, 0.2) is 0 Å². The normalized spacial score (nSPS) is 13.8. The van der Waals surface area contributed by atoms with E-state index in [4.69, 9.17) is 4.74 Å². The van der Waals surface area contributed by atoms with Crippen LogP contribution < -0.4 is 16.0 Å². The van der Waals surface area contributed by atoms with Crippen molar-refractivity contribution in [2.75, 3.05) is 58.7 Å². The van der Waals surface area contributed by atoms with Crippen molar-refractivity contribution in [2.45, 2.75) is 18.9 Å². The number of nitrogens with zero attached hydrogens (tertiary/aromatic N) is 2. The smallest absolute Gasteiger partial charge is 0.411 e. The van der Waals surface area contributed by atoms with Gasteiger partial charge in [0.25, 0.3) is 11.8 Å². The Labute approximate surface area is 241 Å². The summed E-state index contributed by atoms with van der Waals surface area (Å²) in [5.41, 5.74) is 3.64. The highest BCUT2D eigenvalue weighted by Gasteiger charge is 2.23. The van der Waals surface area contributed by atoms with Crippen molar-refractivity contribution in [3.8, 4) is 11.1 Å². The molecule has 1 fully saturated rings. The van der Waals surface area contributed by atoms with E-state index >= 15 is 0 Å². The molecular formula is C32H39N5O4. The standard InChI is InChI=1S/C32H39N5O4/c1-33-17-18-34-30(38)25-11-8-12-26(23-25)31(39)36(2)21-22-37-19-15-27(16-20-37)41-32(40)35-29-14-7-6-13-28(29)24-9-4-3-5-10-24/h3-14,23,27,33H,15-22H2,1-2H3,(H,34,38)(H,35,40). The number of piperidine rings is 1. The fourth-order valence-corrected chi connectivity index (χ4v) is 4.81. The van der Waals surface area contributed by atoms with E-state index in [1.54, 1.807) is 36.2 Å². The van der Waals surface area contributed by atoms with Crippen LogP contribution in [-0.2, 0) is 4.74 Å². The van der Waals surface area contributed by atoms with Crippen LogP contribution in [0.2, 0.25) is 0 Å². The van der Waals surface area contributed by atoms with E-state index in [1.807, 2.05) is 61.6 Å². The lowest BCUT2D eigenvalue weighted by atomic mass is 10.0. The third-order valence-electron chi connectivity index (χ3n) is 7.19. The quantitative estimate of drug-likeness (QED) is 0.307. The van der Waals surface area contributed by atoms with Gasteiger partial charge in [0.05, 0.1) is 5.69 Å². The van der Waals surface area contributed by atoms with Gasteiger partial charge in [0.2, 0.25) is 0 Å². The molecule has 0 unspecified atom stereocenters. The Morgan fingerprint density at radius 3 is 2.37 bits per heavy atom. The third-order valence-corrected chi connectivity index (χ3v) is 7.19. The van der Waals surface area contributed by atoms with Crippen LogP contribution in [0, 0.1) is 0 Å². The number of likely N-dealkylation sites (N-methyl/N-ethyl adjacent to an activating group) is 2. The van der Waals surface area contributed by atoms with Crippen LogP contribution in [0.1, 0.15) is 33.6 Å². The van der Waals surface area contributed by atoms with Crippen molar-refractivity contribution in [1.29, 1.82) is 0 Å². The highest BCUT2D eigenvalue weighted by Crippen LogP contribution is 2.28. The Kier molecular flexibility index (Phi) is 10.9. The maximum atomic E-state index is 13.0. The minimum atomic E-state index is -0.449. The van der Waals surface area contributed by atoms with Gasteiger partial charge >= 0.3 is 6.09 Å². The zero-order valence-corrected chi connectivity index (χ0v) is 23.8. The second-order valence-corrected chi connectivity index (χ2v) is 10.1. The summed E-state index contributed by atoms with van der Waals surface area (Å²) in [6.45, 7) is 4.02.